The number of aromatic amines is 1. The lowest BCUT2D eigenvalue weighted by atomic mass is 10.1. The molecule has 0 bridgehead atoms. The Balaban J connectivity index is 1.47. The van der Waals surface area contributed by atoms with Gasteiger partial charge in [-0.05, 0) is 12.5 Å². The van der Waals surface area contributed by atoms with Crippen LogP contribution in [0.25, 0.3) is 11.4 Å². The summed E-state index contributed by atoms with van der Waals surface area (Å²) in [5.74, 6) is 0.901. The molecule has 24 heavy (non-hydrogen) atoms. The van der Waals surface area contributed by atoms with Gasteiger partial charge in [-0.2, -0.15) is 0 Å². The average Bonchev–Trinajstić information content (AvgIpc) is 3.07. The van der Waals surface area contributed by atoms with E-state index < -0.39 is 0 Å². The van der Waals surface area contributed by atoms with Crippen molar-refractivity contribution in [1.82, 2.24) is 15.3 Å². The molecule has 0 saturated carbocycles. The number of carbonyl (C=O) groups is 1. The summed E-state index contributed by atoms with van der Waals surface area (Å²) in [6.07, 6.45) is 2.98. The topological polar surface area (TPSA) is 57.8 Å². The fourth-order valence-corrected chi connectivity index (χ4v) is 2.52. The zero-order valence-corrected chi connectivity index (χ0v) is 13.8. The van der Waals surface area contributed by atoms with Gasteiger partial charge >= 0.3 is 0 Å². The maximum atomic E-state index is 12.0. The van der Waals surface area contributed by atoms with Gasteiger partial charge in [0.2, 0.25) is 5.91 Å². The van der Waals surface area contributed by atoms with E-state index in [0.29, 0.717) is 13.0 Å². The minimum Gasteiger partial charge on any atom is -0.355 e. The molecule has 3 aromatic rings. The lowest BCUT2D eigenvalue weighted by molar-refractivity contribution is -0.120. The van der Waals surface area contributed by atoms with Crippen LogP contribution in [0.1, 0.15) is 16.8 Å². The first kappa shape index (κ1) is 16.0. The molecule has 0 unspecified atom stereocenters. The van der Waals surface area contributed by atoms with Crippen LogP contribution >= 0.6 is 0 Å². The Bertz CT molecular complexity index is 791. The molecule has 122 valence electrons. The Morgan fingerprint density at radius 3 is 2.58 bits per heavy atom. The Morgan fingerprint density at radius 2 is 1.83 bits per heavy atom. The molecule has 2 N–H and O–H groups in total. The number of hydrogen-bond donors (Lipinski definition) is 2. The van der Waals surface area contributed by atoms with Crippen molar-refractivity contribution in [2.24, 2.45) is 0 Å². The first-order valence-electron chi connectivity index (χ1n) is 8.12. The Kier molecular flexibility index (Phi) is 5.06. The zero-order valence-electron chi connectivity index (χ0n) is 13.8. The molecule has 0 spiro atoms. The highest BCUT2D eigenvalue weighted by atomic mass is 16.1. The molecular formula is C20H21N3O. The van der Waals surface area contributed by atoms with E-state index in [1.807, 2.05) is 67.7 Å². The Labute approximate surface area is 142 Å². The predicted molar refractivity (Wildman–Crippen MR) is 95.6 cm³/mol. The molecule has 0 saturated heterocycles. The standard InChI is InChI=1S/C20H21N3O/c1-15-7-9-16(10-8-15)13-19(24)21-12-11-18-14-22-20(23-18)17-5-3-2-4-6-17/h2-10,14H,11-13H2,1H3,(H,21,24)(H,22,23). The van der Waals surface area contributed by atoms with Crippen molar-refractivity contribution in [2.45, 2.75) is 19.8 Å². The number of aryl methyl sites for hydroxylation is 1. The van der Waals surface area contributed by atoms with Crippen molar-refractivity contribution in [3.05, 3.63) is 77.6 Å². The molecule has 3 rings (SSSR count). The molecule has 0 atom stereocenters. The van der Waals surface area contributed by atoms with Crippen LogP contribution in [0.4, 0.5) is 0 Å². The van der Waals surface area contributed by atoms with Crippen LogP contribution in [-0.4, -0.2) is 22.4 Å². The van der Waals surface area contributed by atoms with Crippen molar-refractivity contribution in [2.75, 3.05) is 6.54 Å². The second-order valence-corrected chi connectivity index (χ2v) is 5.89. The summed E-state index contributed by atoms with van der Waals surface area (Å²) in [6, 6.07) is 18.0. The van der Waals surface area contributed by atoms with Gasteiger partial charge in [-0.15, -0.1) is 0 Å². The van der Waals surface area contributed by atoms with Crippen LogP contribution in [0.5, 0.6) is 0 Å². The summed E-state index contributed by atoms with van der Waals surface area (Å²) in [6.45, 7) is 2.64. The molecule has 4 heteroatoms. The summed E-state index contributed by atoms with van der Waals surface area (Å²) < 4.78 is 0. The van der Waals surface area contributed by atoms with E-state index in [-0.39, 0.29) is 5.91 Å². The number of nitrogens with zero attached hydrogens (tertiary/aromatic N) is 1. The summed E-state index contributed by atoms with van der Waals surface area (Å²) in [4.78, 5) is 19.7. The number of carbonyl (C=O) groups excluding carboxylic acids is 1. The van der Waals surface area contributed by atoms with E-state index in [2.05, 4.69) is 15.3 Å². The number of nitrogens with one attached hydrogen (secondary N) is 2. The maximum Gasteiger partial charge on any atom is 0.224 e. The second kappa shape index (κ2) is 7.59. The zero-order chi connectivity index (χ0) is 16.8. The van der Waals surface area contributed by atoms with Crippen molar-refractivity contribution in [1.29, 1.82) is 0 Å². The number of aromatic nitrogens is 2. The summed E-state index contributed by atoms with van der Waals surface area (Å²) in [5.41, 5.74) is 4.32. The minimum atomic E-state index is 0.0432. The number of hydrogen-bond acceptors (Lipinski definition) is 2. The normalized spacial score (nSPS) is 10.5. The van der Waals surface area contributed by atoms with Crippen molar-refractivity contribution < 1.29 is 4.79 Å². The first-order valence-corrected chi connectivity index (χ1v) is 8.12. The van der Waals surface area contributed by atoms with Crippen LogP contribution in [0.3, 0.4) is 0 Å². The number of H-pyrrole nitrogens is 1. The van der Waals surface area contributed by atoms with Gasteiger partial charge in [0.05, 0.1) is 6.42 Å². The molecule has 0 aliphatic heterocycles. The highest BCUT2D eigenvalue weighted by molar-refractivity contribution is 5.78. The third-order valence-electron chi connectivity index (χ3n) is 3.88. The van der Waals surface area contributed by atoms with Crippen LogP contribution in [0.15, 0.2) is 60.8 Å². The molecule has 1 amide bonds. The van der Waals surface area contributed by atoms with Gasteiger partial charge in [0.1, 0.15) is 5.82 Å². The van der Waals surface area contributed by atoms with Crippen molar-refractivity contribution in [3.8, 4) is 11.4 Å². The quantitative estimate of drug-likeness (QED) is 0.732. The van der Waals surface area contributed by atoms with E-state index in [0.717, 1.165) is 29.1 Å². The van der Waals surface area contributed by atoms with Crippen LogP contribution in [0, 0.1) is 6.92 Å². The third kappa shape index (κ3) is 4.32. The van der Waals surface area contributed by atoms with Gasteiger partial charge in [-0.3, -0.25) is 4.79 Å². The van der Waals surface area contributed by atoms with E-state index in [9.17, 15) is 4.79 Å². The van der Waals surface area contributed by atoms with E-state index in [4.69, 9.17) is 0 Å². The third-order valence-corrected chi connectivity index (χ3v) is 3.88. The van der Waals surface area contributed by atoms with Gasteiger partial charge < -0.3 is 10.3 Å². The van der Waals surface area contributed by atoms with Gasteiger partial charge in [-0.25, -0.2) is 4.98 Å². The largest absolute Gasteiger partial charge is 0.355 e. The molecule has 1 heterocycles. The lowest BCUT2D eigenvalue weighted by Crippen LogP contribution is -2.27. The molecular weight excluding hydrogens is 298 g/mol. The molecule has 0 aliphatic carbocycles. The van der Waals surface area contributed by atoms with E-state index in [1.54, 1.807) is 0 Å². The van der Waals surface area contributed by atoms with Gasteiger partial charge in [0, 0.05) is 30.4 Å². The number of benzene rings is 2. The SMILES string of the molecule is Cc1ccc(CC(=O)NCCc2cnc(-c3ccccc3)[nH]2)cc1. The summed E-state index contributed by atoms with van der Waals surface area (Å²) >= 11 is 0. The highest BCUT2D eigenvalue weighted by Crippen LogP contribution is 2.14. The molecule has 2 aromatic carbocycles. The molecule has 1 aromatic heterocycles. The predicted octanol–water partition coefficient (Wildman–Crippen LogP) is 3.29. The second-order valence-electron chi connectivity index (χ2n) is 5.89. The number of amides is 1. The summed E-state index contributed by atoms with van der Waals surface area (Å²) in [5, 5.41) is 2.96. The molecule has 0 fully saturated rings. The Morgan fingerprint density at radius 1 is 1.08 bits per heavy atom. The monoisotopic (exact) mass is 319 g/mol. The number of imidazole rings is 1. The van der Waals surface area contributed by atoms with Gasteiger partial charge in [0.25, 0.3) is 0 Å². The molecule has 0 aliphatic rings. The smallest absolute Gasteiger partial charge is 0.224 e. The van der Waals surface area contributed by atoms with Crippen LogP contribution < -0.4 is 5.32 Å². The maximum absolute atomic E-state index is 12.0. The van der Waals surface area contributed by atoms with Crippen molar-refractivity contribution in [3.63, 3.8) is 0 Å². The van der Waals surface area contributed by atoms with Gasteiger partial charge in [-0.1, -0.05) is 60.2 Å². The van der Waals surface area contributed by atoms with Crippen LogP contribution in [-0.2, 0) is 17.6 Å². The molecule has 0 radical (unpaired) electrons. The van der Waals surface area contributed by atoms with Crippen LogP contribution in [0.2, 0.25) is 0 Å². The number of rotatable bonds is 6. The Hall–Kier alpha value is -2.88. The fraction of sp³-hybridized carbons (Fsp3) is 0.200. The lowest BCUT2D eigenvalue weighted by Gasteiger charge is -2.05. The van der Waals surface area contributed by atoms with Crippen molar-refractivity contribution >= 4 is 5.91 Å². The highest BCUT2D eigenvalue weighted by Gasteiger charge is 2.05. The minimum absolute atomic E-state index is 0.0432. The van der Waals surface area contributed by atoms with E-state index >= 15 is 0 Å². The average molecular weight is 319 g/mol. The fourth-order valence-electron chi connectivity index (χ4n) is 2.52. The van der Waals surface area contributed by atoms with E-state index in [1.165, 1.54) is 5.56 Å². The summed E-state index contributed by atoms with van der Waals surface area (Å²) in [7, 11) is 0. The first-order chi connectivity index (χ1) is 11.7. The van der Waals surface area contributed by atoms with Gasteiger partial charge in [0.15, 0.2) is 0 Å². The molecule has 4 nitrogen and oxygen atoms in total.